The Hall–Kier alpha value is -2.31. The van der Waals surface area contributed by atoms with Gasteiger partial charge in [0.05, 0.1) is 6.42 Å². The van der Waals surface area contributed by atoms with Gasteiger partial charge in [-0.25, -0.2) is 9.18 Å². The van der Waals surface area contributed by atoms with E-state index in [0.29, 0.717) is 5.56 Å². The van der Waals surface area contributed by atoms with Crippen LogP contribution in [0, 0.1) is 0 Å². The quantitative estimate of drug-likeness (QED) is 0.855. The Labute approximate surface area is 138 Å². The first-order chi connectivity index (χ1) is 11.0. The Kier molecular flexibility index (Phi) is 6.57. The third-order valence-corrected chi connectivity index (χ3v) is 3.37. The highest BCUT2D eigenvalue weighted by atomic mass is 19.3. The molecule has 1 N–H and O–H groups in total. The topological polar surface area (TPSA) is 57.6 Å². The Morgan fingerprint density at radius 1 is 1.12 bits per heavy atom. The summed E-state index contributed by atoms with van der Waals surface area (Å²) in [5.41, 5.74) is -0.318. The molecule has 1 aromatic rings. The molecule has 0 saturated carbocycles. The van der Waals surface area contributed by atoms with Crippen molar-refractivity contribution >= 4 is 11.9 Å². The number of amides is 1. The molecule has 0 aliphatic rings. The van der Waals surface area contributed by atoms with Gasteiger partial charge in [0.25, 0.3) is 0 Å². The van der Waals surface area contributed by atoms with Crippen LogP contribution < -0.4 is 0 Å². The van der Waals surface area contributed by atoms with Crippen LogP contribution in [0.15, 0.2) is 42.2 Å². The molecule has 0 aromatic heterocycles. The van der Waals surface area contributed by atoms with Crippen LogP contribution in [0.1, 0.15) is 32.8 Å². The maximum absolute atomic E-state index is 13.2. The Bertz CT molecular complexity index is 620. The molecule has 0 unspecified atom stereocenters. The first-order valence-electron chi connectivity index (χ1n) is 7.32. The van der Waals surface area contributed by atoms with Gasteiger partial charge in [0.15, 0.2) is 5.83 Å². The van der Waals surface area contributed by atoms with E-state index in [2.05, 4.69) is 0 Å². The number of benzene rings is 1. The minimum Gasteiger partial charge on any atom is -0.480 e. The third-order valence-electron chi connectivity index (χ3n) is 3.37. The van der Waals surface area contributed by atoms with Gasteiger partial charge in [-0.15, -0.1) is 0 Å². The zero-order valence-corrected chi connectivity index (χ0v) is 13.7. The predicted octanol–water partition coefficient (Wildman–Crippen LogP) is 3.78. The summed E-state index contributed by atoms with van der Waals surface area (Å²) in [6, 6.07) is 7.30. The van der Waals surface area contributed by atoms with E-state index in [1.54, 1.807) is 51.1 Å². The number of halogens is 3. The van der Waals surface area contributed by atoms with Crippen molar-refractivity contribution in [2.45, 2.75) is 45.2 Å². The van der Waals surface area contributed by atoms with Crippen LogP contribution in [0.3, 0.4) is 0 Å². The lowest BCUT2D eigenvalue weighted by Gasteiger charge is -2.40. The second-order valence-corrected chi connectivity index (χ2v) is 6.32. The minimum absolute atomic E-state index is 0.0113. The maximum Gasteiger partial charge on any atom is 0.326 e. The molecule has 0 bridgehead atoms. The molecule has 1 aromatic carbocycles. The maximum atomic E-state index is 13.2. The van der Waals surface area contributed by atoms with Gasteiger partial charge < -0.3 is 10.0 Å². The second-order valence-electron chi connectivity index (χ2n) is 6.32. The molecule has 4 nitrogen and oxygen atoms in total. The van der Waals surface area contributed by atoms with E-state index in [-0.39, 0.29) is 6.42 Å². The van der Waals surface area contributed by atoms with Crippen molar-refractivity contribution in [1.29, 1.82) is 0 Å². The SMILES string of the molecule is CC(C)(C)N(C(=O)CC(F)=C(F)F)[C@@H](Cc1ccccc1)C(=O)O. The lowest BCUT2D eigenvalue weighted by molar-refractivity contribution is -0.154. The van der Waals surface area contributed by atoms with E-state index in [1.807, 2.05) is 0 Å². The number of rotatable bonds is 6. The van der Waals surface area contributed by atoms with Crippen LogP contribution in [0.2, 0.25) is 0 Å². The van der Waals surface area contributed by atoms with Crippen molar-refractivity contribution in [2.24, 2.45) is 0 Å². The molecule has 0 spiro atoms. The van der Waals surface area contributed by atoms with Crippen LogP contribution in [0.25, 0.3) is 0 Å². The second kappa shape index (κ2) is 7.99. The summed E-state index contributed by atoms with van der Waals surface area (Å²) in [7, 11) is 0. The monoisotopic (exact) mass is 343 g/mol. The van der Waals surface area contributed by atoms with Crippen molar-refractivity contribution in [3.8, 4) is 0 Å². The fourth-order valence-electron chi connectivity index (χ4n) is 2.43. The molecule has 7 heteroatoms. The molecular weight excluding hydrogens is 323 g/mol. The summed E-state index contributed by atoms with van der Waals surface area (Å²) in [6.45, 7) is 4.71. The summed E-state index contributed by atoms with van der Waals surface area (Å²) in [4.78, 5) is 24.9. The molecule has 0 aliphatic heterocycles. The van der Waals surface area contributed by atoms with Gasteiger partial charge in [-0.3, -0.25) is 4.79 Å². The van der Waals surface area contributed by atoms with E-state index in [0.717, 1.165) is 4.90 Å². The lowest BCUT2D eigenvalue weighted by Crippen LogP contribution is -2.55. The van der Waals surface area contributed by atoms with E-state index in [1.165, 1.54) is 0 Å². The van der Waals surface area contributed by atoms with Gasteiger partial charge in [-0.1, -0.05) is 30.3 Å². The minimum atomic E-state index is -2.58. The first kappa shape index (κ1) is 19.7. The first-order valence-corrected chi connectivity index (χ1v) is 7.32. The van der Waals surface area contributed by atoms with Crippen molar-refractivity contribution < 1.29 is 27.9 Å². The van der Waals surface area contributed by atoms with Crippen LogP contribution in [0.5, 0.6) is 0 Å². The fraction of sp³-hybridized carbons (Fsp3) is 0.412. The molecule has 132 valence electrons. The molecule has 0 radical (unpaired) electrons. The molecule has 0 saturated heterocycles. The number of carbonyl (C=O) groups excluding carboxylic acids is 1. The van der Waals surface area contributed by atoms with Gasteiger partial charge in [-0.2, -0.15) is 8.78 Å². The van der Waals surface area contributed by atoms with Crippen LogP contribution in [0.4, 0.5) is 13.2 Å². The summed E-state index contributed by atoms with van der Waals surface area (Å²) in [5, 5.41) is 9.51. The van der Waals surface area contributed by atoms with E-state index >= 15 is 0 Å². The third kappa shape index (κ3) is 5.40. The molecule has 1 rings (SSSR count). The summed E-state index contributed by atoms with van der Waals surface area (Å²) in [6.07, 6.45) is -3.76. The summed E-state index contributed by atoms with van der Waals surface area (Å²) in [5.74, 6) is -4.14. The van der Waals surface area contributed by atoms with Crippen LogP contribution in [-0.4, -0.2) is 33.5 Å². The van der Waals surface area contributed by atoms with Gasteiger partial charge in [0.1, 0.15) is 6.04 Å². The van der Waals surface area contributed by atoms with Crippen LogP contribution >= 0.6 is 0 Å². The van der Waals surface area contributed by atoms with Gasteiger partial charge in [0, 0.05) is 12.0 Å². The highest BCUT2D eigenvalue weighted by Gasteiger charge is 2.37. The molecule has 0 aliphatic carbocycles. The largest absolute Gasteiger partial charge is 0.480 e. The smallest absolute Gasteiger partial charge is 0.326 e. The van der Waals surface area contributed by atoms with Crippen molar-refractivity contribution in [3.63, 3.8) is 0 Å². The predicted molar refractivity (Wildman–Crippen MR) is 83.1 cm³/mol. The summed E-state index contributed by atoms with van der Waals surface area (Å²) < 4.78 is 37.7. The lowest BCUT2D eigenvalue weighted by atomic mass is 9.97. The molecule has 1 atom stereocenters. The Balaban J connectivity index is 3.17. The van der Waals surface area contributed by atoms with E-state index < -0.39 is 41.8 Å². The highest BCUT2D eigenvalue weighted by Crippen LogP contribution is 2.24. The average Bonchev–Trinajstić information content (AvgIpc) is 2.45. The zero-order valence-electron chi connectivity index (χ0n) is 13.7. The Morgan fingerprint density at radius 3 is 2.08 bits per heavy atom. The highest BCUT2D eigenvalue weighted by molar-refractivity contribution is 5.85. The van der Waals surface area contributed by atoms with Crippen molar-refractivity contribution in [2.75, 3.05) is 0 Å². The number of hydrogen-bond acceptors (Lipinski definition) is 2. The number of carboxylic acids is 1. The zero-order chi connectivity index (χ0) is 18.5. The van der Waals surface area contributed by atoms with Crippen LogP contribution in [-0.2, 0) is 16.0 Å². The van der Waals surface area contributed by atoms with E-state index in [4.69, 9.17) is 0 Å². The number of aliphatic carboxylic acids is 1. The summed E-state index contributed by atoms with van der Waals surface area (Å²) >= 11 is 0. The normalized spacial score (nSPS) is 12.4. The average molecular weight is 343 g/mol. The molecule has 24 heavy (non-hydrogen) atoms. The Morgan fingerprint density at radius 2 is 1.67 bits per heavy atom. The van der Waals surface area contributed by atoms with Crippen molar-refractivity contribution in [1.82, 2.24) is 4.90 Å². The number of nitrogens with zero attached hydrogens (tertiary/aromatic N) is 1. The number of carboxylic acid groups (broad SMARTS) is 1. The van der Waals surface area contributed by atoms with Crippen molar-refractivity contribution in [3.05, 3.63) is 47.8 Å². The van der Waals surface area contributed by atoms with Gasteiger partial charge in [-0.05, 0) is 26.3 Å². The molecule has 0 fully saturated rings. The molecule has 1 amide bonds. The molecular formula is C17H20F3NO3. The van der Waals surface area contributed by atoms with E-state index in [9.17, 15) is 27.9 Å². The number of hydrogen-bond donors (Lipinski definition) is 1. The van der Waals surface area contributed by atoms with Gasteiger partial charge >= 0.3 is 12.0 Å². The standard InChI is InChI=1S/C17H20F3NO3/c1-17(2,3)21(14(22)10-12(18)15(19)20)13(16(23)24)9-11-7-5-4-6-8-11/h4-8,13H,9-10H2,1-3H3,(H,23,24)/t13-/m0/s1. The molecule has 0 heterocycles. The fourth-order valence-corrected chi connectivity index (χ4v) is 2.43. The number of carbonyl (C=O) groups is 2. The van der Waals surface area contributed by atoms with Gasteiger partial charge in [0.2, 0.25) is 5.91 Å².